The Morgan fingerprint density at radius 1 is 1.21 bits per heavy atom. The molecule has 2 aromatic rings. The summed E-state index contributed by atoms with van der Waals surface area (Å²) < 4.78 is 18.9. The van der Waals surface area contributed by atoms with E-state index in [9.17, 15) is 4.39 Å². The molecule has 0 bridgehead atoms. The first-order valence-corrected chi connectivity index (χ1v) is 6.16. The van der Waals surface area contributed by atoms with E-state index in [1.165, 1.54) is 7.11 Å². The molecule has 0 aliphatic carbocycles. The molecule has 4 heteroatoms. The van der Waals surface area contributed by atoms with Gasteiger partial charge in [0, 0.05) is 18.4 Å². The summed E-state index contributed by atoms with van der Waals surface area (Å²) in [6.45, 7) is 0. The Morgan fingerprint density at radius 2 is 1.95 bits per heavy atom. The van der Waals surface area contributed by atoms with Crippen LogP contribution in [0, 0.1) is 5.82 Å². The maximum atomic E-state index is 14.0. The molecule has 0 saturated carbocycles. The van der Waals surface area contributed by atoms with Gasteiger partial charge in [0.25, 0.3) is 0 Å². The van der Waals surface area contributed by atoms with Crippen molar-refractivity contribution in [1.29, 1.82) is 0 Å². The van der Waals surface area contributed by atoms with Crippen molar-refractivity contribution in [2.75, 3.05) is 7.11 Å². The van der Waals surface area contributed by atoms with E-state index in [4.69, 9.17) is 10.5 Å². The van der Waals surface area contributed by atoms with E-state index >= 15 is 0 Å². The van der Waals surface area contributed by atoms with Crippen LogP contribution >= 0.6 is 0 Å². The first kappa shape index (κ1) is 13.5. The van der Waals surface area contributed by atoms with Gasteiger partial charge in [-0.25, -0.2) is 4.39 Å². The lowest BCUT2D eigenvalue weighted by Crippen LogP contribution is -2.26. The maximum Gasteiger partial charge on any atom is 0.168 e. The Labute approximate surface area is 112 Å². The Kier molecular flexibility index (Phi) is 4.47. The monoisotopic (exact) mass is 260 g/mol. The molecule has 1 aromatic heterocycles. The zero-order valence-corrected chi connectivity index (χ0v) is 10.8. The first-order chi connectivity index (χ1) is 9.20. The summed E-state index contributed by atoms with van der Waals surface area (Å²) >= 11 is 0. The number of benzene rings is 1. The molecule has 100 valence electrons. The molecule has 0 aliphatic rings. The zero-order chi connectivity index (χ0) is 13.7. The van der Waals surface area contributed by atoms with Crippen LogP contribution in [0.4, 0.5) is 4.39 Å². The minimum absolute atomic E-state index is 0.135. The van der Waals surface area contributed by atoms with Crippen molar-refractivity contribution in [3.63, 3.8) is 0 Å². The standard InChI is InChI=1S/C15H17FN2O/c1-19-14-4-2-3-12(15(14)16)10-13(17)9-11-5-7-18-8-6-11/h2-8,13H,9-10,17H2,1H3. The molecule has 1 atom stereocenters. The Morgan fingerprint density at radius 3 is 2.63 bits per heavy atom. The highest BCUT2D eigenvalue weighted by Gasteiger charge is 2.12. The largest absolute Gasteiger partial charge is 0.494 e. The molecule has 0 amide bonds. The van der Waals surface area contributed by atoms with Gasteiger partial charge in [0.15, 0.2) is 11.6 Å². The SMILES string of the molecule is COc1cccc(CC(N)Cc2ccncc2)c1F. The van der Waals surface area contributed by atoms with Crippen molar-refractivity contribution in [3.8, 4) is 5.75 Å². The second-order valence-corrected chi connectivity index (χ2v) is 4.46. The lowest BCUT2D eigenvalue weighted by molar-refractivity contribution is 0.383. The van der Waals surface area contributed by atoms with Crippen molar-refractivity contribution < 1.29 is 9.13 Å². The minimum Gasteiger partial charge on any atom is -0.494 e. The molecule has 1 heterocycles. The lowest BCUT2D eigenvalue weighted by Gasteiger charge is -2.13. The Balaban J connectivity index is 2.05. The van der Waals surface area contributed by atoms with Crippen molar-refractivity contribution in [1.82, 2.24) is 4.98 Å². The van der Waals surface area contributed by atoms with E-state index in [1.54, 1.807) is 30.6 Å². The van der Waals surface area contributed by atoms with Gasteiger partial charge < -0.3 is 10.5 Å². The van der Waals surface area contributed by atoms with Gasteiger partial charge in [0.1, 0.15) is 0 Å². The van der Waals surface area contributed by atoms with Crippen LogP contribution < -0.4 is 10.5 Å². The van der Waals surface area contributed by atoms with Crippen LogP contribution in [0.1, 0.15) is 11.1 Å². The molecule has 3 nitrogen and oxygen atoms in total. The summed E-state index contributed by atoms with van der Waals surface area (Å²) in [5.74, 6) is -0.0659. The van der Waals surface area contributed by atoms with Gasteiger partial charge in [-0.1, -0.05) is 12.1 Å². The summed E-state index contributed by atoms with van der Waals surface area (Å²) in [6, 6.07) is 8.82. The number of ether oxygens (including phenoxy) is 1. The average molecular weight is 260 g/mol. The third-order valence-corrected chi connectivity index (χ3v) is 2.99. The van der Waals surface area contributed by atoms with Gasteiger partial charge in [-0.05, 0) is 42.2 Å². The van der Waals surface area contributed by atoms with Crippen LogP contribution in [-0.2, 0) is 12.8 Å². The molecular weight excluding hydrogens is 243 g/mol. The number of aromatic nitrogens is 1. The zero-order valence-electron chi connectivity index (χ0n) is 10.8. The van der Waals surface area contributed by atoms with Gasteiger partial charge in [-0.3, -0.25) is 4.98 Å². The van der Waals surface area contributed by atoms with Crippen molar-refractivity contribution in [2.24, 2.45) is 5.73 Å². The van der Waals surface area contributed by atoms with E-state index in [2.05, 4.69) is 4.98 Å². The number of nitrogens with two attached hydrogens (primary N) is 1. The van der Waals surface area contributed by atoms with Gasteiger partial charge in [0.2, 0.25) is 0 Å². The normalized spacial score (nSPS) is 12.2. The predicted molar refractivity (Wildman–Crippen MR) is 72.6 cm³/mol. The van der Waals surface area contributed by atoms with Crippen LogP contribution in [0.5, 0.6) is 5.75 Å². The molecule has 2 rings (SSSR count). The number of nitrogens with zero attached hydrogens (tertiary/aromatic N) is 1. The molecular formula is C15H17FN2O. The molecule has 1 aromatic carbocycles. The van der Waals surface area contributed by atoms with Gasteiger partial charge in [0.05, 0.1) is 7.11 Å². The summed E-state index contributed by atoms with van der Waals surface area (Å²) in [5.41, 5.74) is 7.76. The number of hydrogen-bond acceptors (Lipinski definition) is 3. The smallest absolute Gasteiger partial charge is 0.168 e. The topological polar surface area (TPSA) is 48.1 Å². The summed E-state index contributed by atoms with van der Waals surface area (Å²) in [7, 11) is 1.46. The molecule has 0 radical (unpaired) electrons. The van der Waals surface area contributed by atoms with E-state index in [-0.39, 0.29) is 17.6 Å². The van der Waals surface area contributed by atoms with Crippen LogP contribution in [0.25, 0.3) is 0 Å². The van der Waals surface area contributed by atoms with Crippen LogP contribution in [-0.4, -0.2) is 18.1 Å². The Hall–Kier alpha value is -1.94. The molecule has 0 fully saturated rings. The fourth-order valence-corrected chi connectivity index (χ4v) is 2.05. The molecule has 2 N–H and O–H groups in total. The van der Waals surface area contributed by atoms with E-state index < -0.39 is 0 Å². The van der Waals surface area contributed by atoms with Crippen LogP contribution in [0.2, 0.25) is 0 Å². The fraction of sp³-hybridized carbons (Fsp3) is 0.267. The van der Waals surface area contributed by atoms with Crippen molar-refractivity contribution >= 4 is 0 Å². The molecule has 1 unspecified atom stereocenters. The quantitative estimate of drug-likeness (QED) is 0.897. The highest BCUT2D eigenvalue weighted by atomic mass is 19.1. The van der Waals surface area contributed by atoms with E-state index in [0.29, 0.717) is 18.4 Å². The predicted octanol–water partition coefficient (Wildman–Crippen LogP) is 2.34. The molecule has 19 heavy (non-hydrogen) atoms. The van der Waals surface area contributed by atoms with Crippen molar-refractivity contribution in [3.05, 3.63) is 59.7 Å². The van der Waals surface area contributed by atoms with Gasteiger partial charge in [-0.15, -0.1) is 0 Å². The van der Waals surface area contributed by atoms with Gasteiger partial charge in [-0.2, -0.15) is 0 Å². The molecule has 0 spiro atoms. The second-order valence-electron chi connectivity index (χ2n) is 4.46. The molecule has 0 aliphatic heterocycles. The average Bonchev–Trinajstić information content (AvgIpc) is 2.42. The first-order valence-electron chi connectivity index (χ1n) is 6.16. The highest BCUT2D eigenvalue weighted by molar-refractivity contribution is 5.31. The number of hydrogen-bond donors (Lipinski definition) is 1. The van der Waals surface area contributed by atoms with E-state index in [1.807, 2.05) is 12.1 Å². The number of rotatable bonds is 5. The Bertz CT molecular complexity index is 531. The third kappa shape index (κ3) is 3.51. The molecule has 0 saturated heterocycles. The van der Waals surface area contributed by atoms with E-state index in [0.717, 1.165) is 5.56 Å². The third-order valence-electron chi connectivity index (χ3n) is 2.99. The van der Waals surface area contributed by atoms with Crippen LogP contribution in [0.3, 0.4) is 0 Å². The summed E-state index contributed by atoms with van der Waals surface area (Å²) in [4.78, 5) is 3.96. The highest BCUT2D eigenvalue weighted by Crippen LogP contribution is 2.21. The summed E-state index contributed by atoms with van der Waals surface area (Å²) in [5, 5.41) is 0. The minimum atomic E-state index is -0.324. The fourth-order valence-electron chi connectivity index (χ4n) is 2.05. The number of methoxy groups -OCH3 is 1. The van der Waals surface area contributed by atoms with Crippen molar-refractivity contribution in [2.45, 2.75) is 18.9 Å². The number of halogens is 1. The maximum absolute atomic E-state index is 14.0. The second kappa shape index (κ2) is 6.29. The van der Waals surface area contributed by atoms with Crippen LogP contribution in [0.15, 0.2) is 42.7 Å². The summed E-state index contributed by atoms with van der Waals surface area (Å²) in [6.07, 6.45) is 4.63. The lowest BCUT2D eigenvalue weighted by atomic mass is 10.00. The van der Waals surface area contributed by atoms with Gasteiger partial charge >= 0.3 is 0 Å². The number of pyridine rings is 1.